The zero-order chi connectivity index (χ0) is 17.4. The molecule has 0 spiro atoms. The van der Waals surface area contributed by atoms with Gasteiger partial charge in [0.15, 0.2) is 10.8 Å². The lowest BCUT2D eigenvalue weighted by Gasteiger charge is -2.05. The van der Waals surface area contributed by atoms with Crippen molar-refractivity contribution in [2.45, 2.75) is 20.3 Å². The topological polar surface area (TPSA) is 47.3 Å². The van der Waals surface area contributed by atoms with E-state index in [1.807, 2.05) is 35.0 Å². The first-order valence-electron chi connectivity index (χ1n) is 8.09. The largest absolute Gasteiger partial charge is 0.303 e. The highest BCUT2D eigenvalue weighted by Crippen LogP contribution is 2.26. The molecule has 4 nitrogen and oxygen atoms in total. The highest BCUT2D eigenvalue weighted by molar-refractivity contribution is 7.11. The van der Waals surface area contributed by atoms with Crippen LogP contribution in [0, 0.1) is 13.8 Å². The van der Waals surface area contributed by atoms with E-state index in [9.17, 15) is 4.79 Å². The molecule has 3 heterocycles. The van der Waals surface area contributed by atoms with E-state index in [4.69, 9.17) is 4.98 Å². The number of carbonyl (C=O) groups is 1. The van der Waals surface area contributed by atoms with Gasteiger partial charge in [-0.3, -0.25) is 4.79 Å². The van der Waals surface area contributed by atoms with E-state index in [2.05, 4.69) is 36.2 Å². The van der Waals surface area contributed by atoms with Gasteiger partial charge in [-0.2, -0.15) is 0 Å². The molecule has 0 aliphatic rings. The molecule has 4 rings (SSSR count). The fraction of sp³-hybridized carbons (Fsp3) is 0.150. The molecule has 0 saturated carbocycles. The minimum atomic E-state index is 0.0201. The van der Waals surface area contributed by atoms with Gasteiger partial charge < -0.3 is 4.40 Å². The molecule has 0 N–H and O–H groups in total. The number of nitrogens with zero attached hydrogens (tertiary/aromatic N) is 3. The Labute approximate surface area is 149 Å². The van der Waals surface area contributed by atoms with Crippen LogP contribution >= 0.6 is 11.3 Å². The second kappa shape index (κ2) is 6.26. The third-order valence-electron chi connectivity index (χ3n) is 4.19. The molecule has 0 aliphatic heterocycles. The Morgan fingerprint density at radius 2 is 1.84 bits per heavy atom. The number of imidazole rings is 1. The van der Waals surface area contributed by atoms with Gasteiger partial charge in [-0.25, -0.2) is 9.97 Å². The number of aryl methyl sites for hydroxylation is 2. The molecule has 3 aromatic heterocycles. The number of thiazole rings is 1. The normalized spacial score (nSPS) is 11.1. The minimum Gasteiger partial charge on any atom is -0.303 e. The Kier molecular flexibility index (Phi) is 3.93. The number of fused-ring (bicyclic) bond motifs is 1. The van der Waals surface area contributed by atoms with E-state index in [0.29, 0.717) is 5.01 Å². The third kappa shape index (κ3) is 2.98. The summed E-state index contributed by atoms with van der Waals surface area (Å²) in [5.41, 5.74) is 5.96. The molecule has 0 bridgehead atoms. The molecule has 25 heavy (non-hydrogen) atoms. The number of benzene rings is 1. The van der Waals surface area contributed by atoms with Gasteiger partial charge in [-0.1, -0.05) is 35.9 Å². The van der Waals surface area contributed by atoms with E-state index in [-0.39, 0.29) is 12.2 Å². The van der Waals surface area contributed by atoms with E-state index in [0.717, 1.165) is 28.2 Å². The highest BCUT2D eigenvalue weighted by atomic mass is 32.1. The van der Waals surface area contributed by atoms with Gasteiger partial charge >= 0.3 is 0 Å². The molecule has 0 aliphatic carbocycles. The summed E-state index contributed by atoms with van der Waals surface area (Å²) < 4.78 is 2.02. The smallest absolute Gasteiger partial charge is 0.197 e. The van der Waals surface area contributed by atoms with Crippen LogP contribution in [0.15, 0.2) is 54.2 Å². The highest BCUT2D eigenvalue weighted by Gasteiger charge is 2.19. The van der Waals surface area contributed by atoms with Crippen LogP contribution in [0.1, 0.15) is 26.6 Å². The van der Waals surface area contributed by atoms with E-state index >= 15 is 0 Å². The Balaban J connectivity index is 1.86. The van der Waals surface area contributed by atoms with Crippen molar-refractivity contribution in [1.82, 2.24) is 14.4 Å². The van der Waals surface area contributed by atoms with Gasteiger partial charge in [0, 0.05) is 23.3 Å². The standard InChI is InChI=1S/C20H17N3OS/c1-13-3-6-15(7-4-13)19-16(11-17(24)20-21-9-10-25-20)23-12-14(2)5-8-18(23)22-19/h3-10,12H,11H2,1-2H3. The molecule has 0 amide bonds. The van der Waals surface area contributed by atoms with Crippen molar-refractivity contribution < 1.29 is 4.79 Å². The van der Waals surface area contributed by atoms with Gasteiger partial charge in [0.05, 0.1) is 17.8 Å². The molecule has 0 unspecified atom stereocenters. The molecule has 1 aromatic carbocycles. The summed E-state index contributed by atoms with van der Waals surface area (Å²) in [7, 11) is 0. The summed E-state index contributed by atoms with van der Waals surface area (Å²) in [6, 6.07) is 12.3. The number of ketones is 1. The van der Waals surface area contributed by atoms with Crippen molar-refractivity contribution in [3.05, 3.63) is 76.0 Å². The molecule has 0 atom stereocenters. The summed E-state index contributed by atoms with van der Waals surface area (Å²) in [4.78, 5) is 21.6. The van der Waals surface area contributed by atoms with Crippen LogP contribution in [0.5, 0.6) is 0 Å². The number of Topliss-reactive ketones (excluding diaryl/α,β-unsaturated/α-hetero) is 1. The van der Waals surface area contributed by atoms with Crippen molar-refractivity contribution in [2.24, 2.45) is 0 Å². The maximum Gasteiger partial charge on any atom is 0.197 e. The minimum absolute atomic E-state index is 0.0201. The predicted octanol–water partition coefficient (Wildman–Crippen LogP) is 4.50. The summed E-state index contributed by atoms with van der Waals surface area (Å²) in [6.07, 6.45) is 3.98. The fourth-order valence-corrected chi connectivity index (χ4v) is 3.48. The van der Waals surface area contributed by atoms with Gasteiger partial charge in [0.25, 0.3) is 0 Å². The maximum atomic E-state index is 12.6. The van der Waals surface area contributed by atoms with Crippen molar-refractivity contribution >= 4 is 22.8 Å². The molecule has 0 saturated heterocycles. The van der Waals surface area contributed by atoms with Gasteiger partial charge in [0.2, 0.25) is 0 Å². The van der Waals surface area contributed by atoms with Crippen molar-refractivity contribution in [2.75, 3.05) is 0 Å². The molecule has 124 valence electrons. The lowest BCUT2D eigenvalue weighted by atomic mass is 10.1. The monoisotopic (exact) mass is 347 g/mol. The quantitative estimate of drug-likeness (QED) is 0.511. The molecule has 4 aromatic rings. The second-order valence-electron chi connectivity index (χ2n) is 6.14. The average molecular weight is 347 g/mol. The Bertz CT molecular complexity index is 1050. The van der Waals surface area contributed by atoms with Crippen LogP contribution in [0.2, 0.25) is 0 Å². The van der Waals surface area contributed by atoms with Crippen LogP contribution in [-0.2, 0) is 6.42 Å². The number of rotatable bonds is 4. The number of aromatic nitrogens is 3. The first-order valence-corrected chi connectivity index (χ1v) is 8.97. The average Bonchev–Trinajstić information content (AvgIpc) is 3.24. The van der Waals surface area contributed by atoms with Crippen molar-refractivity contribution in [1.29, 1.82) is 0 Å². The molecular formula is C20H17N3OS. The Morgan fingerprint density at radius 3 is 2.56 bits per heavy atom. The Hall–Kier alpha value is -2.79. The summed E-state index contributed by atoms with van der Waals surface area (Å²) >= 11 is 1.37. The molecule has 0 radical (unpaired) electrons. The SMILES string of the molecule is Cc1ccc(-c2nc3ccc(C)cn3c2CC(=O)c2nccs2)cc1. The lowest BCUT2D eigenvalue weighted by Crippen LogP contribution is -2.06. The van der Waals surface area contributed by atoms with Crippen LogP contribution in [0.25, 0.3) is 16.9 Å². The van der Waals surface area contributed by atoms with Crippen molar-refractivity contribution in [3.63, 3.8) is 0 Å². The number of carbonyl (C=O) groups excluding carboxylic acids is 1. The van der Waals surface area contributed by atoms with E-state index in [1.54, 1.807) is 6.20 Å². The first-order chi connectivity index (χ1) is 12.1. The first kappa shape index (κ1) is 15.7. The van der Waals surface area contributed by atoms with Gasteiger partial charge in [-0.15, -0.1) is 11.3 Å². The number of hydrogen-bond acceptors (Lipinski definition) is 4. The summed E-state index contributed by atoms with van der Waals surface area (Å²) in [5.74, 6) is 0.0201. The fourth-order valence-electron chi connectivity index (χ4n) is 2.90. The van der Waals surface area contributed by atoms with Crippen LogP contribution in [0.4, 0.5) is 0 Å². The lowest BCUT2D eigenvalue weighted by molar-refractivity contribution is 0.0991. The zero-order valence-electron chi connectivity index (χ0n) is 14.1. The second-order valence-corrected chi connectivity index (χ2v) is 7.04. The Morgan fingerprint density at radius 1 is 1.08 bits per heavy atom. The summed E-state index contributed by atoms with van der Waals surface area (Å²) in [6.45, 7) is 4.10. The number of pyridine rings is 1. The third-order valence-corrected chi connectivity index (χ3v) is 5.00. The van der Waals surface area contributed by atoms with E-state index in [1.165, 1.54) is 16.9 Å². The zero-order valence-corrected chi connectivity index (χ0v) is 14.9. The van der Waals surface area contributed by atoms with Gasteiger partial charge in [-0.05, 0) is 25.5 Å². The predicted molar refractivity (Wildman–Crippen MR) is 100 cm³/mol. The molecular weight excluding hydrogens is 330 g/mol. The number of hydrogen-bond donors (Lipinski definition) is 0. The molecule has 5 heteroatoms. The van der Waals surface area contributed by atoms with Crippen LogP contribution in [0.3, 0.4) is 0 Å². The maximum absolute atomic E-state index is 12.6. The molecule has 0 fully saturated rings. The van der Waals surface area contributed by atoms with Gasteiger partial charge in [0.1, 0.15) is 5.65 Å². The van der Waals surface area contributed by atoms with Crippen LogP contribution < -0.4 is 0 Å². The van der Waals surface area contributed by atoms with Crippen LogP contribution in [-0.4, -0.2) is 20.2 Å². The van der Waals surface area contributed by atoms with Crippen molar-refractivity contribution in [3.8, 4) is 11.3 Å². The summed E-state index contributed by atoms with van der Waals surface area (Å²) in [5, 5.41) is 2.37. The van der Waals surface area contributed by atoms with E-state index < -0.39 is 0 Å².